The Morgan fingerprint density at radius 3 is 2.61 bits per heavy atom. The lowest BCUT2D eigenvalue weighted by Crippen LogP contribution is -2.33. The summed E-state index contributed by atoms with van der Waals surface area (Å²) < 4.78 is 5.41. The molecule has 1 fully saturated rings. The minimum atomic E-state index is -0.522. The van der Waals surface area contributed by atoms with Gasteiger partial charge in [-0.2, -0.15) is 0 Å². The Balaban J connectivity index is 1.95. The van der Waals surface area contributed by atoms with Crippen LogP contribution < -0.4 is 0 Å². The molecule has 3 unspecified atom stereocenters. The van der Waals surface area contributed by atoms with Gasteiger partial charge in [-0.25, -0.2) is 0 Å². The van der Waals surface area contributed by atoms with E-state index in [-0.39, 0.29) is 18.5 Å². The molecular weight excluding hydrogens is 288 g/mol. The van der Waals surface area contributed by atoms with Crippen LogP contribution in [0.2, 0.25) is 0 Å². The molecule has 3 heteroatoms. The van der Waals surface area contributed by atoms with Gasteiger partial charge in [-0.3, -0.25) is 4.79 Å². The Bertz CT molecular complexity index is 440. The van der Waals surface area contributed by atoms with Crippen LogP contribution in [0.3, 0.4) is 0 Å². The number of rotatable bonds is 3. The molecule has 6 atom stereocenters. The fourth-order valence-corrected chi connectivity index (χ4v) is 3.95. The number of ether oxygens (including phenoxy) is 1. The molecule has 3 nitrogen and oxygen atoms in total. The Labute approximate surface area is 140 Å². The number of carbonyl (C=O) groups is 1. The zero-order chi connectivity index (χ0) is 16.8. The van der Waals surface area contributed by atoms with Gasteiger partial charge in [0.25, 0.3) is 0 Å². The van der Waals surface area contributed by atoms with Crippen molar-refractivity contribution in [3.63, 3.8) is 0 Å². The average molecular weight is 320 g/mol. The molecule has 2 rings (SSSR count). The van der Waals surface area contributed by atoms with Crippen LogP contribution in [0.25, 0.3) is 0 Å². The molecule has 1 saturated heterocycles. The van der Waals surface area contributed by atoms with Gasteiger partial charge in [-0.05, 0) is 49.4 Å². The SMILES string of the molecule is CC1/C=C/C=C\[C@H](C)[C@H](CCC2C[C@@H](O)CC(=O)O2)C(C)CC1. The van der Waals surface area contributed by atoms with Gasteiger partial charge in [0.2, 0.25) is 0 Å². The molecule has 0 aromatic carbocycles. The highest BCUT2D eigenvalue weighted by molar-refractivity contribution is 5.70. The second-order valence-electron chi connectivity index (χ2n) is 7.61. The van der Waals surface area contributed by atoms with E-state index in [9.17, 15) is 9.90 Å². The van der Waals surface area contributed by atoms with E-state index in [1.165, 1.54) is 12.8 Å². The maximum Gasteiger partial charge on any atom is 0.308 e. The van der Waals surface area contributed by atoms with Crippen LogP contribution in [0, 0.1) is 23.7 Å². The molecule has 0 spiro atoms. The van der Waals surface area contributed by atoms with Crippen molar-refractivity contribution in [1.82, 2.24) is 0 Å². The smallest absolute Gasteiger partial charge is 0.308 e. The first-order valence-electron chi connectivity index (χ1n) is 9.18. The third-order valence-electron chi connectivity index (χ3n) is 5.51. The van der Waals surface area contributed by atoms with E-state index >= 15 is 0 Å². The lowest BCUT2D eigenvalue weighted by atomic mass is 9.76. The summed E-state index contributed by atoms with van der Waals surface area (Å²) >= 11 is 0. The van der Waals surface area contributed by atoms with E-state index in [1.807, 2.05) is 0 Å². The predicted molar refractivity (Wildman–Crippen MR) is 92.9 cm³/mol. The zero-order valence-electron chi connectivity index (χ0n) is 14.8. The van der Waals surface area contributed by atoms with Crippen LogP contribution in [-0.4, -0.2) is 23.3 Å². The fraction of sp³-hybridized carbons (Fsp3) is 0.750. The summed E-state index contributed by atoms with van der Waals surface area (Å²) in [5.41, 5.74) is 0. The molecule has 1 N–H and O–H groups in total. The van der Waals surface area contributed by atoms with Crippen molar-refractivity contribution >= 4 is 5.97 Å². The molecule has 0 radical (unpaired) electrons. The topological polar surface area (TPSA) is 46.5 Å². The van der Waals surface area contributed by atoms with Crippen molar-refractivity contribution in [2.75, 3.05) is 0 Å². The van der Waals surface area contributed by atoms with E-state index in [0.29, 0.717) is 30.1 Å². The van der Waals surface area contributed by atoms with Crippen LogP contribution in [0.1, 0.15) is 59.3 Å². The Morgan fingerprint density at radius 2 is 1.87 bits per heavy atom. The third kappa shape index (κ3) is 5.80. The Kier molecular flexibility index (Phi) is 6.88. The monoisotopic (exact) mass is 320 g/mol. The van der Waals surface area contributed by atoms with Crippen LogP contribution in [0.5, 0.6) is 0 Å². The van der Waals surface area contributed by atoms with Crippen molar-refractivity contribution in [3.05, 3.63) is 24.3 Å². The molecule has 1 aliphatic heterocycles. The summed E-state index contributed by atoms with van der Waals surface area (Å²) in [6.07, 6.45) is 13.4. The van der Waals surface area contributed by atoms with Crippen LogP contribution in [0.15, 0.2) is 24.3 Å². The standard InChI is InChI=1S/C20H32O3/c1-14-6-4-5-7-15(2)19(16(3)9-8-14)11-10-18-12-17(21)13-20(22)23-18/h4-7,14-19,21H,8-13H2,1-3H3/b6-4+,7-5-/t14?,15-,16?,17+,18?,19-/m0/s1. The summed E-state index contributed by atoms with van der Waals surface area (Å²) in [5.74, 6) is 2.16. The molecule has 0 aromatic heterocycles. The van der Waals surface area contributed by atoms with Gasteiger partial charge in [-0.1, -0.05) is 45.1 Å². The van der Waals surface area contributed by atoms with Crippen molar-refractivity contribution in [3.8, 4) is 0 Å². The molecule has 0 aromatic rings. The van der Waals surface area contributed by atoms with E-state index in [0.717, 1.165) is 12.8 Å². The van der Waals surface area contributed by atoms with Gasteiger partial charge in [0.05, 0.1) is 12.5 Å². The first kappa shape index (κ1) is 18.3. The number of allylic oxidation sites excluding steroid dienone is 4. The van der Waals surface area contributed by atoms with Gasteiger partial charge in [-0.15, -0.1) is 0 Å². The number of cyclic esters (lactones) is 1. The van der Waals surface area contributed by atoms with Crippen molar-refractivity contribution in [2.45, 2.75) is 71.5 Å². The summed E-state index contributed by atoms with van der Waals surface area (Å²) in [6, 6.07) is 0. The second kappa shape index (κ2) is 8.68. The normalized spacial score (nSPS) is 41.8. The fourth-order valence-electron chi connectivity index (χ4n) is 3.95. The molecular formula is C20H32O3. The van der Waals surface area contributed by atoms with Crippen LogP contribution >= 0.6 is 0 Å². The Hall–Kier alpha value is -1.09. The van der Waals surface area contributed by atoms with Gasteiger partial charge >= 0.3 is 5.97 Å². The van der Waals surface area contributed by atoms with Crippen LogP contribution in [-0.2, 0) is 9.53 Å². The number of hydrogen-bond donors (Lipinski definition) is 1. The minimum Gasteiger partial charge on any atom is -0.462 e. The Morgan fingerprint density at radius 1 is 1.13 bits per heavy atom. The largest absolute Gasteiger partial charge is 0.462 e. The first-order valence-corrected chi connectivity index (χ1v) is 9.18. The van der Waals surface area contributed by atoms with Crippen molar-refractivity contribution < 1.29 is 14.6 Å². The highest BCUT2D eigenvalue weighted by atomic mass is 16.5. The summed E-state index contributed by atoms with van der Waals surface area (Å²) in [4.78, 5) is 11.5. The zero-order valence-corrected chi connectivity index (χ0v) is 14.8. The summed E-state index contributed by atoms with van der Waals surface area (Å²) in [7, 11) is 0. The quantitative estimate of drug-likeness (QED) is 0.790. The molecule has 2 aliphatic rings. The molecule has 0 bridgehead atoms. The molecule has 23 heavy (non-hydrogen) atoms. The van der Waals surface area contributed by atoms with Crippen molar-refractivity contribution in [2.24, 2.45) is 23.7 Å². The van der Waals surface area contributed by atoms with Crippen LogP contribution in [0.4, 0.5) is 0 Å². The van der Waals surface area contributed by atoms with E-state index in [2.05, 4.69) is 45.1 Å². The molecule has 1 aliphatic carbocycles. The average Bonchev–Trinajstić information content (AvgIpc) is 2.48. The van der Waals surface area contributed by atoms with E-state index in [1.54, 1.807) is 0 Å². The number of aliphatic hydroxyl groups is 1. The molecule has 1 heterocycles. The first-order chi connectivity index (χ1) is 11.0. The molecule has 130 valence electrons. The molecule has 0 saturated carbocycles. The highest BCUT2D eigenvalue weighted by Gasteiger charge is 2.29. The maximum atomic E-state index is 11.5. The predicted octanol–water partition coefficient (Wildman–Crippen LogP) is 4.26. The summed E-state index contributed by atoms with van der Waals surface area (Å²) in [6.45, 7) is 6.92. The molecule has 0 amide bonds. The van der Waals surface area contributed by atoms with Gasteiger partial charge in [0.15, 0.2) is 0 Å². The second-order valence-corrected chi connectivity index (χ2v) is 7.61. The lowest BCUT2D eigenvalue weighted by molar-refractivity contribution is -0.160. The number of aliphatic hydroxyl groups excluding tert-OH is 1. The van der Waals surface area contributed by atoms with Gasteiger partial charge in [0, 0.05) is 6.42 Å². The van der Waals surface area contributed by atoms with E-state index < -0.39 is 6.10 Å². The highest BCUT2D eigenvalue weighted by Crippen LogP contribution is 2.33. The van der Waals surface area contributed by atoms with Crippen molar-refractivity contribution in [1.29, 1.82) is 0 Å². The number of carbonyl (C=O) groups excluding carboxylic acids is 1. The number of esters is 1. The lowest BCUT2D eigenvalue weighted by Gasteiger charge is -2.32. The minimum absolute atomic E-state index is 0.108. The van der Waals surface area contributed by atoms with Gasteiger partial charge in [0.1, 0.15) is 6.10 Å². The van der Waals surface area contributed by atoms with E-state index in [4.69, 9.17) is 4.74 Å². The maximum absolute atomic E-state index is 11.5. The third-order valence-corrected chi connectivity index (χ3v) is 5.51. The van der Waals surface area contributed by atoms with Gasteiger partial charge < -0.3 is 9.84 Å². The number of hydrogen-bond acceptors (Lipinski definition) is 3. The summed E-state index contributed by atoms with van der Waals surface area (Å²) in [5, 5.41) is 9.75.